The van der Waals surface area contributed by atoms with Crippen LogP contribution in [-0.4, -0.2) is 54.2 Å². The van der Waals surface area contributed by atoms with E-state index in [1.807, 2.05) is 0 Å². The Hall–Kier alpha value is -0.700. The van der Waals surface area contributed by atoms with Crippen LogP contribution in [0.15, 0.2) is 10.4 Å². The minimum absolute atomic E-state index is 0.0583. The average molecular weight is 324 g/mol. The Morgan fingerprint density at radius 2 is 2.05 bits per heavy atom. The van der Waals surface area contributed by atoms with Crippen LogP contribution in [0.25, 0.3) is 0 Å². The molecule has 1 amide bonds. The molecule has 19 heavy (non-hydrogen) atoms. The maximum absolute atomic E-state index is 12.5. The number of carbonyl (C=O) groups is 1. The summed E-state index contributed by atoms with van der Waals surface area (Å²) in [6.07, 6.45) is 1.22. The molecule has 0 bridgehead atoms. The van der Waals surface area contributed by atoms with Gasteiger partial charge in [-0.15, -0.1) is 0 Å². The fourth-order valence-corrected chi connectivity index (χ4v) is 5.23. The highest BCUT2D eigenvalue weighted by atomic mass is 35.5. The predicted molar refractivity (Wildman–Crippen MR) is 72.7 cm³/mol. The highest BCUT2D eigenvalue weighted by molar-refractivity contribution is 7.91. The number of amides is 1. The van der Waals surface area contributed by atoms with Gasteiger partial charge < -0.3 is 4.90 Å². The van der Waals surface area contributed by atoms with E-state index in [1.54, 1.807) is 20.9 Å². The second-order valence-electron chi connectivity index (χ2n) is 4.80. The molecule has 9 heteroatoms. The van der Waals surface area contributed by atoms with Gasteiger partial charge in [-0.3, -0.25) is 4.79 Å². The summed E-state index contributed by atoms with van der Waals surface area (Å²) < 4.78 is 26.5. The Morgan fingerprint density at radius 3 is 2.58 bits per heavy atom. The second kappa shape index (κ2) is 4.69. The summed E-state index contributed by atoms with van der Waals surface area (Å²) >= 11 is 6.57. The van der Waals surface area contributed by atoms with Crippen molar-refractivity contribution in [3.8, 4) is 0 Å². The third-order valence-corrected chi connectivity index (χ3v) is 6.76. The summed E-state index contributed by atoms with van der Waals surface area (Å²) in [6.45, 7) is 3.83. The molecule has 0 radical (unpaired) electrons. The normalized spacial score (nSPS) is 20.8. The van der Waals surface area contributed by atoms with Gasteiger partial charge in [0.15, 0.2) is 8.68 Å². The molecule has 1 aromatic heterocycles. The predicted octanol–water partition coefficient (Wildman–Crippen LogP) is 1.04. The molecular weight excluding hydrogens is 310 g/mol. The second-order valence-corrected chi connectivity index (χ2v) is 8.50. The van der Waals surface area contributed by atoms with Crippen molar-refractivity contribution in [2.75, 3.05) is 20.1 Å². The van der Waals surface area contributed by atoms with Crippen LogP contribution in [0.4, 0.5) is 0 Å². The van der Waals surface area contributed by atoms with Gasteiger partial charge in [0.2, 0.25) is 5.91 Å². The first-order valence-corrected chi connectivity index (χ1v) is 8.20. The summed E-state index contributed by atoms with van der Waals surface area (Å²) in [5.74, 6) is -0.224. The smallest absolute Gasteiger partial charge is 0.255 e. The maximum Gasteiger partial charge on any atom is 0.255 e. The topological polar surface area (TPSA) is 70.6 Å². The van der Waals surface area contributed by atoms with E-state index >= 15 is 0 Å². The van der Waals surface area contributed by atoms with Crippen LogP contribution in [0.5, 0.6) is 0 Å². The average Bonchev–Trinajstić information content (AvgIpc) is 2.73. The van der Waals surface area contributed by atoms with Crippen molar-refractivity contribution in [3.05, 3.63) is 10.7 Å². The van der Waals surface area contributed by atoms with E-state index in [-0.39, 0.29) is 21.1 Å². The Balaban J connectivity index is 2.44. The van der Waals surface area contributed by atoms with Gasteiger partial charge in [-0.1, -0.05) is 22.9 Å². The molecule has 0 atom stereocenters. The molecule has 2 rings (SSSR count). The third kappa shape index (κ3) is 2.37. The molecule has 1 aromatic rings. The molecule has 0 spiro atoms. The number of sulfonamides is 1. The van der Waals surface area contributed by atoms with E-state index in [0.29, 0.717) is 6.54 Å². The minimum atomic E-state index is -3.75. The lowest BCUT2D eigenvalue weighted by Gasteiger charge is -2.43. The number of piperazine rings is 1. The molecule has 2 heterocycles. The van der Waals surface area contributed by atoms with Crippen LogP contribution in [-0.2, 0) is 14.8 Å². The third-order valence-electron chi connectivity index (χ3n) is 3.13. The van der Waals surface area contributed by atoms with Gasteiger partial charge in [0.1, 0.15) is 5.54 Å². The van der Waals surface area contributed by atoms with Crippen molar-refractivity contribution >= 4 is 38.9 Å². The van der Waals surface area contributed by atoms with Crippen LogP contribution >= 0.6 is 22.9 Å². The number of halogens is 1. The van der Waals surface area contributed by atoms with Crippen molar-refractivity contribution < 1.29 is 13.2 Å². The number of carbonyl (C=O) groups excluding carboxylic acids is 1. The summed E-state index contributed by atoms with van der Waals surface area (Å²) in [6, 6.07) is 0. The van der Waals surface area contributed by atoms with Crippen LogP contribution < -0.4 is 0 Å². The minimum Gasteiger partial charge on any atom is -0.343 e. The number of nitrogens with zero attached hydrogens (tertiary/aromatic N) is 3. The SMILES string of the molecule is CN1CCN(S(=O)(=O)c2cnc(Cl)s2)C(C)(C)C1=O. The van der Waals surface area contributed by atoms with Crippen molar-refractivity contribution in [3.63, 3.8) is 0 Å². The molecule has 1 aliphatic rings. The Kier molecular flexibility index (Phi) is 3.63. The first kappa shape index (κ1) is 14.7. The summed E-state index contributed by atoms with van der Waals surface area (Å²) in [4.78, 5) is 17.4. The van der Waals surface area contributed by atoms with Gasteiger partial charge in [-0.05, 0) is 13.8 Å². The van der Waals surface area contributed by atoms with E-state index in [2.05, 4.69) is 4.98 Å². The van der Waals surface area contributed by atoms with E-state index in [4.69, 9.17) is 11.6 Å². The van der Waals surface area contributed by atoms with Crippen LogP contribution in [0.2, 0.25) is 4.47 Å². The summed E-state index contributed by atoms with van der Waals surface area (Å²) in [5.41, 5.74) is -1.11. The van der Waals surface area contributed by atoms with Crippen LogP contribution in [0.1, 0.15) is 13.8 Å². The van der Waals surface area contributed by atoms with E-state index in [1.165, 1.54) is 15.4 Å². The summed E-state index contributed by atoms with van der Waals surface area (Å²) in [5, 5.41) is 0. The van der Waals surface area contributed by atoms with Gasteiger partial charge in [0.25, 0.3) is 10.0 Å². The molecule has 1 fully saturated rings. The monoisotopic (exact) mass is 323 g/mol. The molecule has 6 nitrogen and oxygen atoms in total. The van der Waals surface area contributed by atoms with Gasteiger partial charge in [-0.2, -0.15) is 4.31 Å². The van der Waals surface area contributed by atoms with Crippen LogP contribution in [0.3, 0.4) is 0 Å². The van der Waals surface area contributed by atoms with Gasteiger partial charge in [0.05, 0.1) is 6.20 Å². The van der Waals surface area contributed by atoms with E-state index in [0.717, 1.165) is 11.3 Å². The summed E-state index contributed by atoms with van der Waals surface area (Å²) in [7, 11) is -2.08. The highest BCUT2D eigenvalue weighted by Gasteiger charge is 2.47. The van der Waals surface area contributed by atoms with Gasteiger partial charge >= 0.3 is 0 Å². The van der Waals surface area contributed by atoms with Gasteiger partial charge in [-0.25, -0.2) is 13.4 Å². The van der Waals surface area contributed by atoms with Crippen molar-refractivity contribution in [1.29, 1.82) is 0 Å². The fourth-order valence-electron chi connectivity index (χ4n) is 2.08. The Bertz CT molecular complexity index is 611. The van der Waals surface area contributed by atoms with E-state index < -0.39 is 15.6 Å². The van der Waals surface area contributed by atoms with Crippen LogP contribution in [0, 0.1) is 0 Å². The highest BCUT2D eigenvalue weighted by Crippen LogP contribution is 2.32. The zero-order valence-electron chi connectivity index (χ0n) is 10.8. The van der Waals surface area contributed by atoms with Crippen molar-refractivity contribution in [2.24, 2.45) is 0 Å². The number of rotatable bonds is 2. The van der Waals surface area contributed by atoms with Gasteiger partial charge in [0, 0.05) is 20.1 Å². The first-order chi connectivity index (χ1) is 8.67. The molecule has 0 aliphatic carbocycles. The molecule has 0 aromatic carbocycles. The number of likely N-dealkylation sites (N-methyl/N-ethyl adjacent to an activating group) is 1. The van der Waals surface area contributed by atoms with Crippen molar-refractivity contribution in [1.82, 2.24) is 14.2 Å². The fraction of sp³-hybridized carbons (Fsp3) is 0.600. The maximum atomic E-state index is 12.5. The molecule has 0 saturated carbocycles. The Labute approximate surface area is 121 Å². The lowest BCUT2D eigenvalue weighted by Crippen LogP contribution is -2.63. The van der Waals surface area contributed by atoms with Crippen molar-refractivity contribution in [2.45, 2.75) is 23.6 Å². The zero-order valence-corrected chi connectivity index (χ0v) is 13.1. The molecule has 1 saturated heterocycles. The number of aromatic nitrogens is 1. The molecule has 0 N–H and O–H groups in total. The quantitative estimate of drug-likeness (QED) is 0.815. The molecule has 106 valence electrons. The standard InChI is InChI=1S/C10H14ClN3O3S2/c1-10(2)8(15)13(3)4-5-14(10)19(16,17)7-6-12-9(11)18-7/h6H,4-5H2,1-3H3. The zero-order chi connectivity index (χ0) is 14.4. The largest absolute Gasteiger partial charge is 0.343 e. The number of thiazole rings is 1. The lowest BCUT2D eigenvalue weighted by atomic mass is 10.0. The first-order valence-electron chi connectivity index (χ1n) is 5.57. The number of hydrogen-bond donors (Lipinski definition) is 0. The molecule has 1 aliphatic heterocycles. The Morgan fingerprint density at radius 1 is 1.42 bits per heavy atom. The lowest BCUT2D eigenvalue weighted by molar-refractivity contribution is -0.142. The number of hydrogen-bond acceptors (Lipinski definition) is 5. The molecular formula is C10H14ClN3O3S2. The molecule has 0 unspecified atom stereocenters. The van der Waals surface area contributed by atoms with E-state index in [9.17, 15) is 13.2 Å².